The van der Waals surface area contributed by atoms with E-state index in [0.29, 0.717) is 0 Å². The highest BCUT2D eigenvalue weighted by atomic mass is 16.3. The van der Waals surface area contributed by atoms with E-state index in [9.17, 15) is 0 Å². The van der Waals surface area contributed by atoms with Gasteiger partial charge in [-0.2, -0.15) is 0 Å². The van der Waals surface area contributed by atoms with Crippen LogP contribution in [0.4, 0.5) is 0 Å². The number of nitrogens with zero attached hydrogens (tertiary/aromatic N) is 1. The summed E-state index contributed by atoms with van der Waals surface area (Å²) in [5.41, 5.74) is 5.61. The first kappa shape index (κ1) is 9.96. The summed E-state index contributed by atoms with van der Waals surface area (Å²) >= 11 is 0. The van der Waals surface area contributed by atoms with Crippen molar-refractivity contribution in [1.29, 1.82) is 0 Å². The molecule has 1 rings (SSSR count). The van der Waals surface area contributed by atoms with Crippen molar-refractivity contribution in [3.63, 3.8) is 0 Å². The lowest BCUT2D eigenvalue weighted by Gasteiger charge is -2.19. The first-order valence-electron chi connectivity index (χ1n) is 4.68. The molecule has 0 radical (unpaired) electrons. The lowest BCUT2D eigenvalue weighted by molar-refractivity contribution is 0.217. The molecule has 12 heavy (non-hydrogen) atoms. The Labute approximate surface area is 74.5 Å². The van der Waals surface area contributed by atoms with Gasteiger partial charge in [0, 0.05) is 19.1 Å². The van der Waals surface area contributed by atoms with Crippen LogP contribution in [0, 0.1) is 11.8 Å². The Morgan fingerprint density at radius 3 is 2.67 bits per heavy atom. The number of aliphatic hydroxyl groups is 1. The molecule has 0 heterocycles. The van der Waals surface area contributed by atoms with Gasteiger partial charge in [0.1, 0.15) is 0 Å². The van der Waals surface area contributed by atoms with Crippen LogP contribution in [0.2, 0.25) is 0 Å². The standard InChI is InChI=1S/C9H20N2O/c1-7-3-8(7)4-11(2)5-9(10)6-12/h7-9,12H,3-6,10H2,1-2H3. The number of hydrogen-bond acceptors (Lipinski definition) is 3. The lowest BCUT2D eigenvalue weighted by atomic mass is 10.2. The Balaban J connectivity index is 2.07. The van der Waals surface area contributed by atoms with Crippen molar-refractivity contribution < 1.29 is 5.11 Å². The Bertz CT molecular complexity index is 134. The van der Waals surface area contributed by atoms with E-state index in [1.807, 2.05) is 0 Å². The molecular formula is C9H20N2O. The minimum atomic E-state index is -0.0796. The van der Waals surface area contributed by atoms with Crippen LogP contribution in [0.3, 0.4) is 0 Å². The predicted molar refractivity (Wildman–Crippen MR) is 49.8 cm³/mol. The molecule has 0 spiro atoms. The van der Waals surface area contributed by atoms with Crippen molar-refractivity contribution in [3.8, 4) is 0 Å². The summed E-state index contributed by atoms with van der Waals surface area (Å²) in [6, 6.07) is -0.0796. The van der Waals surface area contributed by atoms with E-state index >= 15 is 0 Å². The maximum atomic E-state index is 8.73. The molecule has 0 bridgehead atoms. The van der Waals surface area contributed by atoms with Gasteiger partial charge in [-0.15, -0.1) is 0 Å². The summed E-state index contributed by atoms with van der Waals surface area (Å²) < 4.78 is 0. The van der Waals surface area contributed by atoms with Gasteiger partial charge in [0.15, 0.2) is 0 Å². The molecule has 3 nitrogen and oxygen atoms in total. The van der Waals surface area contributed by atoms with Crippen molar-refractivity contribution >= 4 is 0 Å². The second-order valence-corrected chi connectivity index (χ2v) is 4.14. The second-order valence-electron chi connectivity index (χ2n) is 4.14. The minimum Gasteiger partial charge on any atom is -0.395 e. The first-order valence-corrected chi connectivity index (χ1v) is 4.68. The summed E-state index contributed by atoms with van der Waals surface area (Å²) in [4.78, 5) is 2.22. The number of hydrogen-bond donors (Lipinski definition) is 2. The molecule has 0 saturated heterocycles. The molecular weight excluding hydrogens is 152 g/mol. The normalized spacial score (nSPS) is 30.8. The van der Waals surface area contributed by atoms with Crippen LogP contribution in [0.25, 0.3) is 0 Å². The fourth-order valence-electron chi connectivity index (χ4n) is 1.59. The average molecular weight is 172 g/mol. The number of nitrogens with two attached hydrogens (primary N) is 1. The van der Waals surface area contributed by atoms with E-state index in [1.165, 1.54) is 6.42 Å². The molecule has 0 aliphatic heterocycles. The van der Waals surface area contributed by atoms with E-state index in [1.54, 1.807) is 0 Å². The molecule has 1 saturated carbocycles. The first-order chi connectivity index (χ1) is 5.63. The van der Waals surface area contributed by atoms with Gasteiger partial charge in [0.25, 0.3) is 0 Å². The predicted octanol–water partition coefficient (Wildman–Crippen LogP) is -0.106. The van der Waals surface area contributed by atoms with Crippen molar-refractivity contribution in [1.82, 2.24) is 4.90 Å². The molecule has 0 aromatic rings. The number of likely N-dealkylation sites (N-methyl/N-ethyl adjacent to an activating group) is 1. The summed E-state index contributed by atoms with van der Waals surface area (Å²) in [6.07, 6.45) is 1.36. The average Bonchev–Trinajstić information content (AvgIpc) is 2.66. The zero-order valence-corrected chi connectivity index (χ0v) is 8.03. The van der Waals surface area contributed by atoms with Crippen LogP contribution in [0.15, 0.2) is 0 Å². The molecule has 3 heteroatoms. The molecule has 3 unspecified atom stereocenters. The van der Waals surface area contributed by atoms with Crippen molar-refractivity contribution in [2.45, 2.75) is 19.4 Å². The molecule has 1 aliphatic carbocycles. The SMILES string of the molecule is CC1CC1CN(C)CC(N)CO. The number of rotatable bonds is 5. The molecule has 3 atom stereocenters. The minimum absolute atomic E-state index is 0.0796. The van der Waals surface area contributed by atoms with E-state index in [2.05, 4.69) is 18.9 Å². The summed E-state index contributed by atoms with van der Waals surface area (Å²) in [7, 11) is 2.07. The third-order valence-electron chi connectivity index (χ3n) is 2.60. The molecule has 0 amide bonds. The van der Waals surface area contributed by atoms with Crippen molar-refractivity contribution in [3.05, 3.63) is 0 Å². The summed E-state index contributed by atoms with van der Waals surface area (Å²) in [5, 5.41) is 8.73. The van der Waals surface area contributed by atoms with Crippen molar-refractivity contribution in [2.75, 3.05) is 26.7 Å². The van der Waals surface area contributed by atoms with Gasteiger partial charge in [0.05, 0.1) is 6.61 Å². The van der Waals surface area contributed by atoms with E-state index in [4.69, 9.17) is 10.8 Å². The molecule has 0 aromatic heterocycles. The molecule has 1 fully saturated rings. The van der Waals surface area contributed by atoms with Gasteiger partial charge >= 0.3 is 0 Å². The smallest absolute Gasteiger partial charge is 0.0595 e. The highest BCUT2D eigenvalue weighted by Crippen LogP contribution is 2.37. The summed E-state index contributed by atoms with van der Waals surface area (Å²) in [6.45, 7) is 4.31. The number of aliphatic hydroxyl groups excluding tert-OH is 1. The third kappa shape index (κ3) is 3.09. The molecule has 0 aromatic carbocycles. The fraction of sp³-hybridized carbons (Fsp3) is 1.00. The summed E-state index contributed by atoms with van der Waals surface area (Å²) in [5.74, 6) is 1.78. The van der Waals surface area contributed by atoms with Crippen LogP contribution in [-0.4, -0.2) is 42.8 Å². The third-order valence-corrected chi connectivity index (χ3v) is 2.60. The van der Waals surface area contributed by atoms with E-state index in [-0.39, 0.29) is 12.6 Å². The Morgan fingerprint density at radius 2 is 2.25 bits per heavy atom. The monoisotopic (exact) mass is 172 g/mol. The highest BCUT2D eigenvalue weighted by molar-refractivity contribution is 4.84. The van der Waals surface area contributed by atoms with Gasteiger partial charge < -0.3 is 15.7 Å². The highest BCUT2D eigenvalue weighted by Gasteiger charge is 2.33. The van der Waals surface area contributed by atoms with Crippen LogP contribution in [-0.2, 0) is 0 Å². The van der Waals surface area contributed by atoms with E-state index < -0.39 is 0 Å². The maximum absolute atomic E-state index is 8.73. The Kier molecular flexibility index (Phi) is 3.50. The largest absolute Gasteiger partial charge is 0.395 e. The second kappa shape index (κ2) is 4.21. The van der Waals surface area contributed by atoms with Crippen LogP contribution < -0.4 is 5.73 Å². The van der Waals surface area contributed by atoms with Gasteiger partial charge in [-0.3, -0.25) is 0 Å². The Morgan fingerprint density at radius 1 is 1.67 bits per heavy atom. The van der Waals surface area contributed by atoms with Gasteiger partial charge in [-0.1, -0.05) is 6.92 Å². The van der Waals surface area contributed by atoms with Crippen molar-refractivity contribution in [2.24, 2.45) is 17.6 Å². The van der Waals surface area contributed by atoms with Crippen LogP contribution >= 0.6 is 0 Å². The quantitative estimate of drug-likeness (QED) is 0.608. The molecule has 3 N–H and O–H groups in total. The Hall–Kier alpha value is -0.120. The fourth-order valence-corrected chi connectivity index (χ4v) is 1.59. The zero-order chi connectivity index (χ0) is 9.14. The van der Waals surface area contributed by atoms with Gasteiger partial charge in [-0.25, -0.2) is 0 Å². The van der Waals surface area contributed by atoms with E-state index in [0.717, 1.165) is 24.9 Å². The maximum Gasteiger partial charge on any atom is 0.0595 e. The zero-order valence-electron chi connectivity index (χ0n) is 8.03. The van der Waals surface area contributed by atoms with Gasteiger partial charge in [0.2, 0.25) is 0 Å². The van der Waals surface area contributed by atoms with Gasteiger partial charge in [-0.05, 0) is 25.3 Å². The van der Waals surface area contributed by atoms with Crippen LogP contribution in [0.1, 0.15) is 13.3 Å². The van der Waals surface area contributed by atoms with Crippen LogP contribution in [0.5, 0.6) is 0 Å². The lowest BCUT2D eigenvalue weighted by Crippen LogP contribution is -2.38. The molecule has 72 valence electrons. The molecule has 1 aliphatic rings. The topological polar surface area (TPSA) is 49.5 Å².